The molecule has 1 saturated carbocycles. The monoisotopic (exact) mass is 236 g/mol. The van der Waals surface area contributed by atoms with Crippen molar-refractivity contribution in [3.8, 4) is 0 Å². The normalized spacial score (nSPS) is 20.1. The molecule has 0 radical (unpaired) electrons. The highest BCUT2D eigenvalue weighted by atomic mass is 19.1. The zero-order chi connectivity index (χ0) is 12.5. The van der Waals surface area contributed by atoms with Gasteiger partial charge in [-0.3, -0.25) is 4.79 Å². The van der Waals surface area contributed by atoms with E-state index >= 15 is 0 Å². The molecule has 0 heterocycles. The zero-order valence-electron chi connectivity index (χ0n) is 9.95. The van der Waals surface area contributed by atoms with E-state index in [1.165, 1.54) is 12.1 Å². The third-order valence-electron chi connectivity index (χ3n) is 4.12. The van der Waals surface area contributed by atoms with Crippen LogP contribution in [0.1, 0.15) is 44.1 Å². The van der Waals surface area contributed by atoms with E-state index in [-0.39, 0.29) is 11.7 Å². The molecule has 1 aliphatic rings. The summed E-state index contributed by atoms with van der Waals surface area (Å²) in [5.74, 6) is -1.06. The molecule has 1 N–H and O–H groups in total. The van der Waals surface area contributed by atoms with Crippen molar-refractivity contribution in [3.63, 3.8) is 0 Å². The van der Waals surface area contributed by atoms with E-state index in [0.29, 0.717) is 0 Å². The second-order valence-electron chi connectivity index (χ2n) is 4.94. The largest absolute Gasteiger partial charge is 0.481 e. The number of carbonyl (C=O) groups is 1. The quantitative estimate of drug-likeness (QED) is 0.871. The minimum atomic E-state index is -0.716. The number of carboxylic acids is 1. The molecule has 17 heavy (non-hydrogen) atoms. The Morgan fingerprint density at radius 1 is 1.29 bits per heavy atom. The van der Waals surface area contributed by atoms with Gasteiger partial charge >= 0.3 is 5.97 Å². The van der Waals surface area contributed by atoms with Gasteiger partial charge in [0, 0.05) is 0 Å². The van der Waals surface area contributed by atoms with E-state index in [1.54, 1.807) is 12.1 Å². The Labute approximate surface area is 100 Å². The summed E-state index contributed by atoms with van der Waals surface area (Å²) in [6, 6.07) is 6.19. The van der Waals surface area contributed by atoms with Crippen LogP contribution in [0.25, 0.3) is 0 Å². The maximum atomic E-state index is 12.9. The smallest absolute Gasteiger partial charge is 0.310 e. The number of hydrogen-bond donors (Lipinski definition) is 1. The van der Waals surface area contributed by atoms with Crippen molar-refractivity contribution in [1.82, 2.24) is 0 Å². The summed E-state index contributed by atoms with van der Waals surface area (Å²) >= 11 is 0. The lowest BCUT2D eigenvalue weighted by molar-refractivity contribution is -0.149. The number of hydrogen-bond acceptors (Lipinski definition) is 1. The van der Waals surface area contributed by atoms with Gasteiger partial charge in [0.05, 0.1) is 5.41 Å². The van der Waals surface area contributed by atoms with Crippen LogP contribution >= 0.6 is 0 Å². The average molecular weight is 236 g/mol. The summed E-state index contributed by atoms with van der Waals surface area (Å²) in [5.41, 5.74) is 0.258. The van der Waals surface area contributed by atoms with E-state index < -0.39 is 11.4 Å². The fourth-order valence-corrected chi connectivity index (χ4v) is 2.91. The molecule has 0 aliphatic heterocycles. The first kappa shape index (κ1) is 12.1. The van der Waals surface area contributed by atoms with Crippen molar-refractivity contribution in [2.75, 3.05) is 0 Å². The van der Waals surface area contributed by atoms with Gasteiger partial charge in [0.2, 0.25) is 0 Å². The Kier molecular flexibility index (Phi) is 3.18. The van der Waals surface area contributed by atoms with E-state index in [0.717, 1.165) is 31.2 Å². The highest BCUT2D eigenvalue weighted by Gasteiger charge is 2.46. The molecule has 1 unspecified atom stereocenters. The van der Waals surface area contributed by atoms with Crippen molar-refractivity contribution in [2.45, 2.75) is 38.5 Å². The molecule has 0 spiro atoms. The summed E-state index contributed by atoms with van der Waals surface area (Å²) in [6.45, 7) is 1.94. The Morgan fingerprint density at radius 3 is 2.29 bits per heavy atom. The Bertz CT molecular complexity index is 405. The third-order valence-corrected chi connectivity index (χ3v) is 4.12. The van der Waals surface area contributed by atoms with Crippen molar-refractivity contribution >= 4 is 5.97 Å². The molecule has 1 aromatic carbocycles. The molecule has 1 aliphatic carbocycles. The maximum Gasteiger partial charge on any atom is 0.310 e. The lowest BCUT2D eigenvalue weighted by Gasteiger charge is -2.31. The van der Waals surface area contributed by atoms with Crippen LogP contribution in [0, 0.1) is 11.2 Å². The topological polar surface area (TPSA) is 37.3 Å². The van der Waals surface area contributed by atoms with Gasteiger partial charge < -0.3 is 5.11 Å². The van der Waals surface area contributed by atoms with Crippen LogP contribution in [0.5, 0.6) is 0 Å². The van der Waals surface area contributed by atoms with E-state index in [9.17, 15) is 14.3 Å². The fourth-order valence-electron chi connectivity index (χ4n) is 2.91. The highest BCUT2D eigenvalue weighted by Crippen LogP contribution is 2.48. The summed E-state index contributed by atoms with van der Waals surface area (Å²) in [7, 11) is 0. The first-order valence-corrected chi connectivity index (χ1v) is 6.05. The minimum absolute atomic E-state index is 0.0666. The highest BCUT2D eigenvalue weighted by molar-refractivity contribution is 5.76. The molecule has 92 valence electrons. The SMILES string of the molecule is CC(c1ccc(F)cc1)C1(C(=O)O)CCCC1. The fraction of sp³-hybridized carbons (Fsp3) is 0.500. The number of halogens is 1. The lowest BCUT2D eigenvalue weighted by Crippen LogP contribution is -2.33. The van der Waals surface area contributed by atoms with Crippen LogP contribution < -0.4 is 0 Å². The van der Waals surface area contributed by atoms with E-state index in [4.69, 9.17) is 0 Å². The number of carboxylic acid groups (broad SMARTS) is 1. The van der Waals surface area contributed by atoms with Gasteiger partial charge in [0.25, 0.3) is 0 Å². The predicted molar refractivity (Wildman–Crippen MR) is 63.4 cm³/mol. The van der Waals surface area contributed by atoms with Crippen LogP contribution in [0.4, 0.5) is 4.39 Å². The molecule has 0 bridgehead atoms. The van der Waals surface area contributed by atoms with Crippen LogP contribution in [0.2, 0.25) is 0 Å². The predicted octanol–water partition coefficient (Wildman–Crippen LogP) is 3.57. The molecule has 2 rings (SSSR count). The van der Waals surface area contributed by atoms with Crippen molar-refractivity contribution < 1.29 is 14.3 Å². The van der Waals surface area contributed by atoms with Gasteiger partial charge in [-0.15, -0.1) is 0 Å². The number of aliphatic carboxylic acids is 1. The molecular formula is C14H17FO2. The van der Waals surface area contributed by atoms with Crippen LogP contribution in [0.3, 0.4) is 0 Å². The Morgan fingerprint density at radius 2 is 1.82 bits per heavy atom. The summed E-state index contributed by atoms with van der Waals surface area (Å²) in [6.07, 6.45) is 3.39. The average Bonchev–Trinajstić information content (AvgIpc) is 2.79. The summed E-state index contributed by atoms with van der Waals surface area (Å²) in [5, 5.41) is 9.48. The van der Waals surface area contributed by atoms with Crippen LogP contribution in [-0.4, -0.2) is 11.1 Å². The Balaban J connectivity index is 2.31. The molecule has 2 nitrogen and oxygen atoms in total. The lowest BCUT2D eigenvalue weighted by atomic mass is 9.71. The molecule has 1 fully saturated rings. The summed E-state index contributed by atoms with van der Waals surface area (Å²) in [4.78, 5) is 11.5. The molecule has 1 atom stereocenters. The van der Waals surface area contributed by atoms with Crippen molar-refractivity contribution in [2.24, 2.45) is 5.41 Å². The van der Waals surface area contributed by atoms with Gasteiger partial charge in [0.15, 0.2) is 0 Å². The van der Waals surface area contributed by atoms with Gasteiger partial charge in [-0.05, 0) is 36.5 Å². The molecule has 0 aromatic heterocycles. The first-order chi connectivity index (χ1) is 8.06. The zero-order valence-corrected chi connectivity index (χ0v) is 9.95. The number of benzene rings is 1. The summed E-state index contributed by atoms with van der Waals surface area (Å²) < 4.78 is 12.9. The van der Waals surface area contributed by atoms with Crippen molar-refractivity contribution in [1.29, 1.82) is 0 Å². The Hall–Kier alpha value is -1.38. The number of rotatable bonds is 3. The minimum Gasteiger partial charge on any atom is -0.481 e. The standard InChI is InChI=1S/C14H17FO2/c1-10(11-4-6-12(15)7-5-11)14(13(16)17)8-2-3-9-14/h4-7,10H,2-3,8-9H2,1H3,(H,16,17). The van der Waals surface area contributed by atoms with Gasteiger partial charge in [-0.1, -0.05) is 31.9 Å². The third kappa shape index (κ3) is 2.06. The van der Waals surface area contributed by atoms with Gasteiger partial charge in [-0.2, -0.15) is 0 Å². The molecule has 3 heteroatoms. The maximum absolute atomic E-state index is 12.9. The van der Waals surface area contributed by atoms with Gasteiger partial charge in [0.1, 0.15) is 5.82 Å². The molecular weight excluding hydrogens is 219 g/mol. The molecule has 0 saturated heterocycles. The first-order valence-electron chi connectivity index (χ1n) is 6.05. The molecule has 1 aromatic rings. The van der Waals surface area contributed by atoms with Crippen LogP contribution in [0.15, 0.2) is 24.3 Å². The van der Waals surface area contributed by atoms with E-state index in [2.05, 4.69) is 0 Å². The second kappa shape index (κ2) is 4.47. The van der Waals surface area contributed by atoms with Crippen LogP contribution in [-0.2, 0) is 4.79 Å². The second-order valence-corrected chi connectivity index (χ2v) is 4.94. The van der Waals surface area contributed by atoms with Crippen molar-refractivity contribution in [3.05, 3.63) is 35.6 Å². The van der Waals surface area contributed by atoms with Gasteiger partial charge in [-0.25, -0.2) is 4.39 Å². The molecule has 0 amide bonds. The van der Waals surface area contributed by atoms with E-state index in [1.807, 2.05) is 6.92 Å².